The summed E-state index contributed by atoms with van der Waals surface area (Å²) >= 11 is 8.07. The molecular formula is C15H14BrN3OS. The van der Waals surface area contributed by atoms with E-state index in [0.29, 0.717) is 6.61 Å². The SMILES string of the molecule is NC(=S)N/N=C/c1cccc(OCc2ccc(Br)cc2)c1. The predicted octanol–water partition coefficient (Wildman–Crippen LogP) is 3.20. The Morgan fingerprint density at radius 2 is 2.05 bits per heavy atom. The normalized spacial score (nSPS) is 10.5. The van der Waals surface area contributed by atoms with Gasteiger partial charge in [0.25, 0.3) is 0 Å². The van der Waals surface area contributed by atoms with Crippen molar-refractivity contribution in [3.63, 3.8) is 0 Å². The standard InChI is InChI=1S/C15H14BrN3OS/c16-13-6-4-11(5-7-13)10-20-14-3-1-2-12(8-14)9-18-19-15(17)21/h1-9H,10H2,(H3,17,19,21)/b18-9+. The van der Waals surface area contributed by atoms with Crippen molar-refractivity contribution >= 4 is 39.5 Å². The van der Waals surface area contributed by atoms with Crippen LogP contribution in [0, 0.1) is 0 Å². The topological polar surface area (TPSA) is 59.6 Å². The number of hydrogen-bond acceptors (Lipinski definition) is 3. The molecular weight excluding hydrogens is 350 g/mol. The second-order valence-corrected chi connectivity index (χ2v) is 5.58. The minimum absolute atomic E-state index is 0.133. The maximum absolute atomic E-state index is 5.75. The van der Waals surface area contributed by atoms with Crippen LogP contribution in [-0.2, 0) is 6.61 Å². The fourth-order valence-electron chi connectivity index (χ4n) is 1.60. The van der Waals surface area contributed by atoms with Crippen LogP contribution in [0.3, 0.4) is 0 Å². The average molecular weight is 364 g/mol. The zero-order valence-corrected chi connectivity index (χ0v) is 13.5. The van der Waals surface area contributed by atoms with E-state index in [2.05, 4.69) is 38.7 Å². The molecule has 0 radical (unpaired) electrons. The molecule has 21 heavy (non-hydrogen) atoms. The lowest BCUT2D eigenvalue weighted by atomic mass is 10.2. The lowest BCUT2D eigenvalue weighted by Gasteiger charge is -2.07. The number of ether oxygens (including phenoxy) is 1. The second-order valence-electron chi connectivity index (χ2n) is 4.22. The Kier molecular flexibility index (Phi) is 5.71. The lowest BCUT2D eigenvalue weighted by molar-refractivity contribution is 0.306. The first kappa shape index (κ1) is 15.5. The first-order valence-electron chi connectivity index (χ1n) is 6.19. The zero-order chi connectivity index (χ0) is 15.1. The molecule has 0 saturated carbocycles. The van der Waals surface area contributed by atoms with Gasteiger partial charge in [0.05, 0.1) is 6.21 Å². The van der Waals surface area contributed by atoms with E-state index in [0.717, 1.165) is 21.3 Å². The Balaban J connectivity index is 1.96. The summed E-state index contributed by atoms with van der Waals surface area (Å²) in [4.78, 5) is 0. The fourth-order valence-corrected chi connectivity index (χ4v) is 1.92. The van der Waals surface area contributed by atoms with Crippen LogP contribution in [0.2, 0.25) is 0 Å². The molecule has 0 heterocycles. The molecule has 0 aliphatic rings. The summed E-state index contributed by atoms with van der Waals surface area (Å²) in [6.45, 7) is 0.513. The fraction of sp³-hybridized carbons (Fsp3) is 0.0667. The average Bonchev–Trinajstić information content (AvgIpc) is 2.47. The van der Waals surface area contributed by atoms with E-state index >= 15 is 0 Å². The molecule has 3 N–H and O–H groups in total. The molecule has 0 fully saturated rings. The number of nitrogens with zero attached hydrogens (tertiary/aromatic N) is 1. The van der Waals surface area contributed by atoms with Gasteiger partial charge >= 0.3 is 0 Å². The van der Waals surface area contributed by atoms with Crippen LogP contribution in [0.4, 0.5) is 0 Å². The third-order valence-electron chi connectivity index (χ3n) is 2.57. The molecule has 0 spiro atoms. The number of halogens is 1. The molecule has 4 nitrogen and oxygen atoms in total. The van der Waals surface area contributed by atoms with Gasteiger partial charge in [-0.1, -0.05) is 40.2 Å². The van der Waals surface area contributed by atoms with E-state index < -0.39 is 0 Å². The van der Waals surface area contributed by atoms with Gasteiger partial charge in [0, 0.05) is 4.47 Å². The molecule has 0 aliphatic heterocycles. The summed E-state index contributed by atoms with van der Waals surface area (Å²) in [5, 5.41) is 4.04. The first-order valence-corrected chi connectivity index (χ1v) is 7.39. The van der Waals surface area contributed by atoms with Crippen molar-refractivity contribution in [3.8, 4) is 5.75 Å². The van der Waals surface area contributed by atoms with Gasteiger partial charge in [-0.25, -0.2) is 0 Å². The highest BCUT2D eigenvalue weighted by Gasteiger charge is 1.97. The van der Waals surface area contributed by atoms with E-state index in [1.165, 1.54) is 0 Å². The summed E-state index contributed by atoms with van der Waals surface area (Å²) in [6, 6.07) is 15.6. The summed E-state index contributed by atoms with van der Waals surface area (Å²) in [6.07, 6.45) is 1.63. The van der Waals surface area contributed by atoms with Gasteiger partial charge in [0.1, 0.15) is 12.4 Å². The van der Waals surface area contributed by atoms with Crippen molar-refractivity contribution in [1.29, 1.82) is 0 Å². The van der Waals surface area contributed by atoms with Crippen LogP contribution < -0.4 is 15.9 Å². The van der Waals surface area contributed by atoms with Gasteiger partial charge < -0.3 is 10.5 Å². The minimum Gasteiger partial charge on any atom is -0.489 e. The third kappa shape index (κ3) is 5.53. The van der Waals surface area contributed by atoms with Crippen LogP contribution in [0.1, 0.15) is 11.1 Å². The Labute approximate surface area is 137 Å². The van der Waals surface area contributed by atoms with Crippen molar-refractivity contribution < 1.29 is 4.74 Å². The number of nitrogens with two attached hydrogens (primary N) is 1. The van der Waals surface area contributed by atoms with Crippen molar-refractivity contribution in [1.82, 2.24) is 5.43 Å². The molecule has 0 aromatic heterocycles. The van der Waals surface area contributed by atoms with Gasteiger partial charge in [0.15, 0.2) is 5.11 Å². The number of hydrogen-bond donors (Lipinski definition) is 2. The lowest BCUT2D eigenvalue weighted by Crippen LogP contribution is -2.23. The molecule has 2 aromatic rings. The number of benzene rings is 2. The number of hydrazone groups is 1. The molecule has 0 atom stereocenters. The highest BCUT2D eigenvalue weighted by molar-refractivity contribution is 9.10. The van der Waals surface area contributed by atoms with Crippen LogP contribution in [0.15, 0.2) is 58.1 Å². The minimum atomic E-state index is 0.133. The van der Waals surface area contributed by atoms with Gasteiger partial charge in [-0.05, 0) is 47.6 Å². The maximum Gasteiger partial charge on any atom is 0.184 e. The highest BCUT2D eigenvalue weighted by Crippen LogP contribution is 2.16. The Morgan fingerprint density at radius 3 is 2.76 bits per heavy atom. The Bertz CT molecular complexity index is 644. The molecule has 2 aromatic carbocycles. The molecule has 6 heteroatoms. The van der Waals surface area contributed by atoms with Crippen LogP contribution in [-0.4, -0.2) is 11.3 Å². The largest absolute Gasteiger partial charge is 0.489 e. The van der Waals surface area contributed by atoms with Crippen LogP contribution in [0.25, 0.3) is 0 Å². The van der Waals surface area contributed by atoms with Crippen LogP contribution in [0.5, 0.6) is 5.75 Å². The quantitative estimate of drug-likeness (QED) is 0.486. The molecule has 0 aliphatic carbocycles. The molecule has 108 valence electrons. The first-order chi connectivity index (χ1) is 10.1. The van der Waals surface area contributed by atoms with Gasteiger partial charge in [-0.3, -0.25) is 5.43 Å². The van der Waals surface area contributed by atoms with E-state index in [1.54, 1.807) is 6.21 Å². The van der Waals surface area contributed by atoms with Crippen molar-refractivity contribution in [3.05, 3.63) is 64.1 Å². The highest BCUT2D eigenvalue weighted by atomic mass is 79.9. The monoisotopic (exact) mass is 363 g/mol. The van der Waals surface area contributed by atoms with Crippen molar-refractivity contribution in [2.24, 2.45) is 10.8 Å². The van der Waals surface area contributed by atoms with E-state index in [4.69, 9.17) is 10.5 Å². The van der Waals surface area contributed by atoms with Crippen LogP contribution >= 0.6 is 28.1 Å². The predicted molar refractivity (Wildman–Crippen MR) is 92.4 cm³/mol. The van der Waals surface area contributed by atoms with Crippen molar-refractivity contribution in [2.75, 3.05) is 0 Å². The summed E-state index contributed by atoms with van der Waals surface area (Å²) in [5.74, 6) is 0.775. The maximum atomic E-state index is 5.75. The van der Waals surface area contributed by atoms with E-state index in [-0.39, 0.29) is 5.11 Å². The third-order valence-corrected chi connectivity index (χ3v) is 3.19. The van der Waals surface area contributed by atoms with Gasteiger partial charge in [0.2, 0.25) is 0 Å². The smallest absolute Gasteiger partial charge is 0.184 e. The summed E-state index contributed by atoms with van der Waals surface area (Å²) < 4.78 is 6.80. The molecule has 0 unspecified atom stereocenters. The molecule has 0 saturated heterocycles. The number of thiocarbonyl (C=S) groups is 1. The van der Waals surface area contributed by atoms with Gasteiger partial charge in [-0.2, -0.15) is 5.10 Å². The van der Waals surface area contributed by atoms with Crippen molar-refractivity contribution in [2.45, 2.75) is 6.61 Å². The molecule has 0 bridgehead atoms. The van der Waals surface area contributed by atoms with E-state index in [1.807, 2.05) is 48.5 Å². The summed E-state index contributed by atoms with van der Waals surface area (Å²) in [7, 11) is 0. The Hall–Kier alpha value is -1.92. The Morgan fingerprint density at radius 1 is 1.29 bits per heavy atom. The number of rotatable bonds is 5. The molecule has 0 amide bonds. The molecule has 2 rings (SSSR count). The van der Waals surface area contributed by atoms with Gasteiger partial charge in [-0.15, -0.1) is 0 Å². The zero-order valence-electron chi connectivity index (χ0n) is 11.1. The second kappa shape index (κ2) is 7.75. The summed E-state index contributed by atoms with van der Waals surface area (Å²) in [5.41, 5.74) is 9.80. The number of nitrogens with one attached hydrogen (secondary N) is 1. The van der Waals surface area contributed by atoms with E-state index in [9.17, 15) is 0 Å².